The molecule has 5 heteroatoms. The second kappa shape index (κ2) is 6.01. The first-order chi connectivity index (χ1) is 11.0. The van der Waals surface area contributed by atoms with Gasteiger partial charge in [0, 0.05) is 23.1 Å². The number of nitrogen functional groups attached to an aromatic ring is 1. The maximum Gasteiger partial charge on any atom is 0.132 e. The number of hydrogen-bond acceptors (Lipinski definition) is 5. The summed E-state index contributed by atoms with van der Waals surface area (Å²) in [7, 11) is 0. The molecule has 0 fully saturated rings. The molecule has 1 aliphatic heterocycles. The molecule has 0 amide bonds. The molecule has 0 unspecified atom stereocenters. The summed E-state index contributed by atoms with van der Waals surface area (Å²) in [6.45, 7) is 5.06. The van der Waals surface area contributed by atoms with E-state index in [1.54, 1.807) is 6.07 Å². The Labute approximate surface area is 135 Å². The Morgan fingerprint density at radius 2 is 2.13 bits per heavy atom. The molecular weight excluding hydrogens is 290 g/mol. The van der Waals surface area contributed by atoms with E-state index in [1.807, 2.05) is 44.3 Å². The van der Waals surface area contributed by atoms with Gasteiger partial charge in [0.2, 0.25) is 0 Å². The zero-order chi connectivity index (χ0) is 16.4. The first-order valence-corrected chi connectivity index (χ1v) is 7.62. The second-order valence-electron chi connectivity index (χ2n) is 6.57. The number of nitrogens with zero attached hydrogens (tertiary/aromatic N) is 2. The zero-order valence-electron chi connectivity index (χ0n) is 13.4. The van der Waals surface area contributed by atoms with Crippen LogP contribution in [0.1, 0.15) is 19.4 Å². The number of anilines is 1. The normalized spacial score (nSPS) is 14.3. The summed E-state index contributed by atoms with van der Waals surface area (Å²) in [5.74, 6) is 1.11. The van der Waals surface area contributed by atoms with Gasteiger partial charge in [0.15, 0.2) is 0 Å². The molecule has 1 aliphatic rings. The van der Waals surface area contributed by atoms with Crippen molar-refractivity contribution in [1.82, 2.24) is 4.98 Å². The predicted octanol–water partition coefficient (Wildman–Crippen LogP) is 2.68. The number of pyridine rings is 1. The van der Waals surface area contributed by atoms with Crippen LogP contribution in [-0.4, -0.2) is 36.1 Å². The minimum Gasteiger partial charge on any atom is -0.492 e. The standard InChI is InChI=1S/C18H21N3O2/c1-18(2,10-22)11-23-16-8-17(19)21-15-7-12(3-4-14(15)16)13-5-6-20-9-13/h3-8,22H,9-11H2,1-2H3,(H2,19,21). The quantitative estimate of drug-likeness (QED) is 0.889. The molecule has 3 N–H and O–H groups in total. The Morgan fingerprint density at radius 3 is 2.83 bits per heavy atom. The molecule has 0 bridgehead atoms. The summed E-state index contributed by atoms with van der Waals surface area (Å²) in [5, 5.41) is 10.3. The van der Waals surface area contributed by atoms with Crippen molar-refractivity contribution in [3.8, 4) is 5.75 Å². The number of hydrogen-bond donors (Lipinski definition) is 2. The number of fused-ring (bicyclic) bond motifs is 1. The molecule has 2 aromatic rings. The Hall–Kier alpha value is -2.40. The Morgan fingerprint density at radius 1 is 1.30 bits per heavy atom. The van der Waals surface area contributed by atoms with Crippen LogP contribution in [0.25, 0.3) is 16.5 Å². The summed E-state index contributed by atoms with van der Waals surface area (Å²) < 4.78 is 5.90. The third-order valence-electron chi connectivity index (χ3n) is 3.85. The molecule has 0 saturated heterocycles. The number of nitrogens with two attached hydrogens (primary N) is 1. The molecule has 0 radical (unpaired) electrons. The van der Waals surface area contributed by atoms with Gasteiger partial charge in [0.05, 0.1) is 25.3 Å². The van der Waals surface area contributed by atoms with Gasteiger partial charge in [-0.1, -0.05) is 19.9 Å². The Bertz CT molecular complexity index is 794. The van der Waals surface area contributed by atoms with E-state index < -0.39 is 0 Å². The molecule has 0 spiro atoms. The molecule has 3 rings (SSSR count). The molecule has 1 aromatic carbocycles. The van der Waals surface area contributed by atoms with Gasteiger partial charge in [-0.2, -0.15) is 0 Å². The van der Waals surface area contributed by atoms with Gasteiger partial charge in [0.25, 0.3) is 0 Å². The second-order valence-corrected chi connectivity index (χ2v) is 6.57. The number of ether oxygens (including phenoxy) is 1. The van der Waals surface area contributed by atoms with Crippen molar-refractivity contribution >= 4 is 28.5 Å². The number of aromatic nitrogens is 1. The minimum atomic E-state index is -0.309. The summed E-state index contributed by atoms with van der Waals surface area (Å²) in [6.07, 6.45) is 3.83. The van der Waals surface area contributed by atoms with E-state index in [0.717, 1.165) is 16.5 Å². The molecule has 5 nitrogen and oxygen atoms in total. The average Bonchev–Trinajstić information content (AvgIpc) is 3.06. The molecule has 2 heterocycles. The van der Waals surface area contributed by atoms with E-state index in [0.29, 0.717) is 24.7 Å². The fourth-order valence-corrected chi connectivity index (χ4v) is 2.39. The van der Waals surface area contributed by atoms with Gasteiger partial charge in [-0.15, -0.1) is 0 Å². The highest BCUT2D eigenvalue weighted by Crippen LogP contribution is 2.30. The lowest BCUT2D eigenvalue weighted by Crippen LogP contribution is -2.25. The lowest BCUT2D eigenvalue weighted by Gasteiger charge is -2.22. The predicted molar refractivity (Wildman–Crippen MR) is 93.9 cm³/mol. The molecule has 0 saturated carbocycles. The van der Waals surface area contributed by atoms with E-state index in [4.69, 9.17) is 10.5 Å². The molecule has 0 aliphatic carbocycles. The van der Waals surface area contributed by atoms with Crippen molar-refractivity contribution in [2.75, 3.05) is 25.5 Å². The number of benzene rings is 1. The smallest absolute Gasteiger partial charge is 0.132 e. The fraction of sp³-hybridized carbons (Fsp3) is 0.333. The number of aliphatic hydroxyl groups is 1. The van der Waals surface area contributed by atoms with Crippen LogP contribution in [0.15, 0.2) is 35.3 Å². The van der Waals surface area contributed by atoms with Crippen molar-refractivity contribution < 1.29 is 9.84 Å². The van der Waals surface area contributed by atoms with E-state index in [9.17, 15) is 5.11 Å². The Kier molecular flexibility index (Phi) is 4.05. The lowest BCUT2D eigenvalue weighted by molar-refractivity contribution is 0.0983. The first kappa shape index (κ1) is 15.5. The molecule has 23 heavy (non-hydrogen) atoms. The van der Waals surface area contributed by atoms with Crippen molar-refractivity contribution in [1.29, 1.82) is 0 Å². The lowest BCUT2D eigenvalue weighted by atomic mass is 9.96. The summed E-state index contributed by atoms with van der Waals surface area (Å²) >= 11 is 0. The van der Waals surface area contributed by atoms with Crippen LogP contribution in [0.4, 0.5) is 5.82 Å². The molecule has 120 valence electrons. The van der Waals surface area contributed by atoms with Gasteiger partial charge < -0.3 is 15.6 Å². The van der Waals surface area contributed by atoms with Gasteiger partial charge in [-0.05, 0) is 29.3 Å². The summed E-state index contributed by atoms with van der Waals surface area (Å²) in [4.78, 5) is 8.62. The van der Waals surface area contributed by atoms with E-state index >= 15 is 0 Å². The van der Waals surface area contributed by atoms with Crippen LogP contribution in [0.3, 0.4) is 0 Å². The number of rotatable bonds is 5. The minimum absolute atomic E-state index is 0.0593. The maximum absolute atomic E-state index is 9.36. The Balaban J connectivity index is 1.95. The zero-order valence-corrected chi connectivity index (χ0v) is 13.4. The molecular formula is C18H21N3O2. The van der Waals surface area contributed by atoms with Gasteiger partial charge in [-0.3, -0.25) is 4.99 Å². The molecule has 0 atom stereocenters. The monoisotopic (exact) mass is 311 g/mol. The summed E-state index contributed by atoms with van der Waals surface area (Å²) in [5.41, 5.74) is 8.67. The molecule has 1 aromatic heterocycles. The van der Waals surface area contributed by atoms with Crippen LogP contribution in [0, 0.1) is 5.41 Å². The fourth-order valence-electron chi connectivity index (χ4n) is 2.39. The van der Waals surface area contributed by atoms with Crippen LogP contribution in [0.5, 0.6) is 5.75 Å². The number of allylic oxidation sites excluding steroid dienone is 1. The summed E-state index contributed by atoms with van der Waals surface area (Å²) in [6, 6.07) is 7.78. The van der Waals surface area contributed by atoms with E-state index in [2.05, 4.69) is 9.98 Å². The highest BCUT2D eigenvalue weighted by Gasteiger charge is 2.18. The van der Waals surface area contributed by atoms with Crippen LogP contribution in [0.2, 0.25) is 0 Å². The largest absolute Gasteiger partial charge is 0.492 e. The van der Waals surface area contributed by atoms with Crippen LogP contribution in [-0.2, 0) is 0 Å². The average molecular weight is 311 g/mol. The van der Waals surface area contributed by atoms with Crippen molar-refractivity contribution in [2.24, 2.45) is 10.4 Å². The van der Waals surface area contributed by atoms with Gasteiger partial charge >= 0.3 is 0 Å². The van der Waals surface area contributed by atoms with Crippen molar-refractivity contribution in [2.45, 2.75) is 13.8 Å². The highest BCUT2D eigenvalue weighted by molar-refractivity contribution is 5.94. The topological polar surface area (TPSA) is 80.7 Å². The van der Waals surface area contributed by atoms with Crippen LogP contribution < -0.4 is 10.5 Å². The van der Waals surface area contributed by atoms with E-state index in [1.165, 1.54) is 5.57 Å². The van der Waals surface area contributed by atoms with Crippen molar-refractivity contribution in [3.05, 3.63) is 35.9 Å². The number of aliphatic imine (C=N–C) groups is 1. The van der Waals surface area contributed by atoms with E-state index in [-0.39, 0.29) is 12.0 Å². The highest BCUT2D eigenvalue weighted by atomic mass is 16.5. The third-order valence-corrected chi connectivity index (χ3v) is 3.85. The van der Waals surface area contributed by atoms with Gasteiger partial charge in [0.1, 0.15) is 11.6 Å². The maximum atomic E-state index is 9.36. The van der Waals surface area contributed by atoms with Gasteiger partial charge in [-0.25, -0.2) is 4.98 Å². The SMILES string of the molecule is CC(C)(CO)COc1cc(N)nc2cc(C3=CC=NC3)ccc12. The first-order valence-electron chi connectivity index (χ1n) is 7.62. The number of aliphatic hydroxyl groups excluding tert-OH is 1. The van der Waals surface area contributed by atoms with Crippen LogP contribution >= 0.6 is 0 Å². The third kappa shape index (κ3) is 3.35. The van der Waals surface area contributed by atoms with Crippen molar-refractivity contribution in [3.63, 3.8) is 0 Å².